The van der Waals surface area contributed by atoms with E-state index in [-0.39, 0.29) is 35.3 Å². The maximum Gasteiger partial charge on any atom is 0.315 e. The first-order valence-corrected chi connectivity index (χ1v) is 14.2. The van der Waals surface area contributed by atoms with Crippen LogP contribution in [-0.2, 0) is 21.0 Å². The molecule has 3 aliphatic rings. The highest BCUT2D eigenvalue weighted by atomic mass is 32.2. The van der Waals surface area contributed by atoms with E-state index in [9.17, 15) is 17.6 Å². The molecule has 0 aliphatic carbocycles. The van der Waals surface area contributed by atoms with Gasteiger partial charge in [0, 0.05) is 51.2 Å². The first kappa shape index (κ1) is 25.3. The second-order valence-corrected chi connectivity index (χ2v) is 12.0. The van der Waals surface area contributed by atoms with E-state index in [4.69, 9.17) is 4.74 Å². The predicted molar refractivity (Wildman–Crippen MR) is 129 cm³/mol. The van der Waals surface area contributed by atoms with Crippen molar-refractivity contribution in [1.29, 1.82) is 0 Å². The molecule has 3 saturated heterocycles. The van der Waals surface area contributed by atoms with Crippen LogP contribution in [0, 0.1) is 17.7 Å². The molecule has 4 rings (SSSR count). The number of nitrogens with zero attached hydrogens (tertiary/aromatic N) is 2. The zero-order valence-electron chi connectivity index (χ0n) is 19.8. The van der Waals surface area contributed by atoms with E-state index in [1.807, 2.05) is 12.1 Å². The number of hydrogen-bond acceptors (Lipinski definition) is 6. The number of carbonyl (C=O) groups excluding carboxylic acids is 1. The third-order valence-electron chi connectivity index (χ3n) is 7.14. The van der Waals surface area contributed by atoms with Crippen LogP contribution in [0.15, 0.2) is 24.3 Å². The summed E-state index contributed by atoms with van der Waals surface area (Å²) >= 11 is 0. The van der Waals surface area contributed by atoms with Crippen LogP contribution in [0.3, 0.4) is 0 Å². The summed E-state index contributed by atoms with van der Waals surface area (Å²) in [5.41, 5.74) is 1.13. The number of carbonyl (C=O) groups is 1. The Kier molecular flexibility index (Phi) is 8.79. The van der Waals surface area contributed by atoms with E-state index in [1.54, 1.807) is 0 Å². The Morgan fingerprint density at radius 1 is 1.09 bits per heavy atom. The van der Waals surface area contributed by atoms with E-state index in [0.717, 1.165) is 70.8 Å². The molecule has 8 nitrogen and oxygen atoms in total. The summed E-state index contributed by atoms with van der Waals surface area (Å²) in [6, 6.07) is 6.02. The first-order valence-electron chi connectivity index (χ1n) is 12.4. The van der Waals surface area contributed by atoms with Crippen molar-refractivity contribution in [1.82, 2.24) is 20.4 Å². The topological polar surface area (TPSA) is 91.0 Å². The SMILES string of the molecule is O=C(NCCN1CCOCC1)N[C@@H]1CS(=O)(=O)C[C@H]1CN1CCCC(Cc2ccc(F)cc2)C1. The lowest BCUT2D eigenvalue weighted by molar-refractivity contribution is 0.0387. The molecule has 1 unspecified atom stereocenters. The molecule has 0 aromatic heterocycles. The van der Waals surface area contributed by atoms with Crippen molar-refractivity contribution in [3.8, 4) is 0 Å². The monoisotopic (exact) mass is 496 g/mol. The standard InChI is InChI=1S/C24H37FN4O4S/c25-22-5-3-19(4-6-22)14-20-2-1-8-29(15-20)16-21-17-34(31,32)18-23(21)27-24(30)26-7-9-28-10-12-33-13-11-28/h3-6,20-21,23H,1-2,7-18H2,(H2,26,27,30)/t20?,21-,23-/m1/s1. The Labute approximate surface area is 202 Å². The van der Waals surface area contributed by atoms with E-state index < -0.39 is 9.84 Å². The summed E-state index contributed by atoms with van der Waals surface area (Å²) in [4.78, 5) is 17.1. The van der Waals surface area contributed by atoms with Gasteiger partial charge in [-0.15, -0.1) is 0 Å². The lowest BCUT2D eigenvalue weighted by atomic mass is 9.90. The third kappa shape index (κ3) is 7.63. The number of morpholine rings is 1. The number of sulfone groups is 1. The summed E-state index contributed by atoms with van der Waals surface area (Å²) in [6.45, 7) is 6.94. The third-order valence-corrected chi connectivity index (χ3v) is 8.94. The molecule has 3 fully saturated rings. The quantitative estimate of drug-likeness (QED) is 0.561. The van der Waals surface area contributed by atoms with Gasteiger partial charge in [0.25, 0.3) is 0 Å². The Morgan fingerprint density at radius 3 is 2.62 bits per heavy atom. The van der Waals surface area contributed by atoms with Crippen LogP contribution >= 0.6 is 0 Å². The number of ether oxygens (including phenoxy) is 1. The summed E-state index contributed by atoms with van der Waals surface area (Å²) in [6.07, 6.45) is 3.07. The minimum Gasteiger partial charge on any atom is -0.379 e. The van der Waals surface area contributed by atoms with Gasteiger partial charge in [-0.2, -0.15) is 0 Å². The van der Waals surface area contributed by atoms with Gasteiger partial charge in [-0.1, -0.05) is 12.1 Å². The average molecular weight is 497 g/mol. The lowest BCUT2D eigenvalue weighted by Crippen LogP contribution is -2.50. The molecule has 2 N–H and O–H groups in total. The molecule has 0 radical (unpaired) electrons. The summed E-state index contributed by atoms with van der Waals surface area (Å²) in [7, 11) is -3.17. The van der Waals surface area contributed by atoms with E-state index in [2.05, 4.69) is 20.4 Å². The number of rotatable bonds is 8. The molecule has 2 amide bonds. The molecule has 3 aliphatic heterocycles. The van der Waals surface area contributed by atoms with Crippen molar-refractivity contribution in [3.63, 3.8) is 0 Å². The number of piperidine rings is 1. The largest absolute Gasteiger partial charge is 0.379 e. The molecule has 0 saturated carbocycles. The van der Waals surface area contributed by atoms with Gasteiger partial charge in [0.2, 0.25) is 0 Å². The Bertz CT molecular complexity index is 908. The molecule has 3 heterocycles. The molecular weight excluding hydrogens is 459 g/mol. The molecular formula is C24H37FN4O4S. The Hall–Kier alpha value is -1.75. The molecule has 1 aromatic carbocycles. The Morgan fingerprint density at radius 2 is 1.85 bits per heavy atom. The number of benzene rings is 1. The predicted octanol–water partition coefficient (Wildman–Crippen LogP) is 1.12. The van der Waals surface area contributed by atoms with Gasteiger partial charge >= 0.3 is 6.03 Å². The molecule has 34 heavy (non-hydrogen) atoms. The van der Waals surface area contributed by atoms with Gasteiger partial charge in [-0.25, -0.2) is 17.6 Å². The van der Waals surface area contributed by atoms with Crippen molar-refractivity contribution in [2.75, 3.05) is 70.5 Å². The van der Waals surface area contributed by atoms with Gasteiger partial charge in [0.1, 0.15) is 5.82 Å². The fraction of sp³-hybridized carbons (Fsp3) is 0.708. The highest BCUT2D eigenvalue weighted by Gasteiger charge is 2.39. The van der Waals surface area contributed by atoms with Crippen LogP contribution in [0.1, 0.15) is 18.4 Å². The zero-order chi connectivity index (χ0) is 24.0. The first-order chi connectivity index (χ1) is 16.4. The van der Waals surface area contributed by atoms with E-state index in [0.29, 0.717) is 19.0 Å². The molecule has 10 heteroatoms. The fourth-order valence-corrected chi connectivity index (χ4v) is 7.43. The van der Waals surface area contributed by atoms with E-state index in [1.165, 1.54) is 12.1 Å². The van der Waals surface area contributed by atoms with Crippen molar-refractivity contribution < 1.29 is 22.3 Å². The van der Waals surface area contributed by atoms with E-state index >= 15 is 0 Å². The van der Waals surface area contributed by atoms with Crippen LogP contribution in [0.5, 0.6) is 0 Å². The maximum absolute atomic E-state index is 13.2. The normalized spacial score (nSPS) is 28.0. The number of nitrogens with one attached hydrogen (secondary N) is 2. The smallest absolute Gasteiger partial charge is 0.315 e. The van der Waals surface area contributed by atoms with Gasteiger partial charge in [0.05, 0.1) is 24.7 Å². The van der Waals surface area contributed by atoms with Gasteiger partial charge < -0.3 is 20.3 Å². The minimum absolute atomic E-state index is 0.00139. The minimum atomic E-state index is -3.17. The Balaban J connectivity index is 1.25. The second-order valence-electron chi connectivity index (χ2n) is 9.90. The number of amides is 2. The van der Waals surface area contributed by atoms with Crippen molar-refractivity contribution in [2.24, 2.45) is 11.8 Å². The van der Waals surface area contributed by atoms with Crippen LogP contribution in [0.2, 0.25) is 0 Å². The zero-order valence-corrected chi connectivity index (χ0v) is 20.6. The molecule has 0 spiro atoms. The van der Waals surface area contributed by atoms with Crippen LogP contribution in [0.25, 0.3) is 0 Å². The fourth-order valence-electron chi connectivity index (χ4n) is 5.40. The summed E-state index contributed by atoms with van der Waals surface area (Å²) < 4.78 is 43.3. The number of urea groups is 1. The number of halogens is 1. The molecule has 190 valence electrons. The van der Waals surface area contributed by atoms with Gasteiger partial charge in [0.15, 0.2) is 9.84 Å². The van der Waals surface area contributed by atoms with Crippen LogP contribution in [0.4, 0.5) is 9.18 Å². The van der Waals surface area contributed by atoms with Crippen molar-refractivity contribution in [2.45, 2.75) is 25.3 Å². The summed E-state index contributed by atoms with van der Waals surface area (Å²) in [5.74, 6) is 0.249. The number of hydrogen-bond donors (Lipinski definition) is 2. The van der Waals surface area contributed by atoms with Crippen molar-refractivity contribution in [3.05, 3.63) is 35.6 Å². The number of likely N-dealkylation sites (tertiary alicyclic amines) is 1. The second kappa shape index (κ2) is 11.8. The van der Waals surface area contributed by atoms with Gasteiger partial charge in [-0.3, -0.25) is 4.90 Å². The summed E-state index contributed by atoms with van der Waals surface area (Å²) in [5, 5.41) is 5.81. The van der Waals surface area contributed by atoms with Crippen LogP contribution in [-0.4, -0.2) is 101 Å². The lowest BCUT2D eigenvalue weighted by Gasteiger charge is -2.35. The maximum atomic E-state index is 13.2. The molecule has 1 aromatic rings. The highest BCUT2D eigenvalue weighted by Crippen LogP contribution is 2.25. The average Bonchev–Trinajstić information content (AvgIpc) is 3.08. The van der Waals surface area contributed by atoms with Crippen molar-refractivity contribution >= 4 is 15.9 Å². The van der Waals surface area contributed by atoms with Crippen LogP contribution < -0.4 is 10.6 Å². The molecule has 3 atom stereocenters. The van der Waals surface area contributed by atoms with Gasteiger partial charge in [-0.05, 0) is 49.4 Å². The molecule has 0 bridgehead atoms. The highest BCUT2D eigenvalue weighted by molar-refractivity contribution is 7.91.